The van der Waals surface area contributed by atoms with Gasteiger partial charge in [-0.2, -0.15) is 0 Å². The molecule has 1 nitrogen and oxygen atoms in total. The number of rotatable bonds is 4. The van der Waals surface area contributed by atoms with Gasteiger partial charge in [-0.15, -0.1) is 18.2 Å². The van der Waals surface area contributed by atoms with Gasteiger partial charge in [0.05, 0.1) is 11.3 Å². The van der Waals surface area contributed by atoms with Gasteiger partial charge >= 0.3 is 0 Å². The van der Waals surface area contributed by atoms with Crippen LogP contribution in [0.15, 0.2) is 12.7 Å². The first kappa shape index (κ1) is 8.92. The van der Waals surface area contributed by atoms with Crippen LogP contribution in [-0.4, -0.2) is 15.5 Å². The van der Waals surface area contributed by atoms with E-state index in [4.69, 9.17) is 11.6 Å². The maximum atomic E-state index is 9.94. The van der Waals surface area contributed by atoms with Crippen molar-refractivity contribution in [3.05, 3.63) is 12.7 Å². The highest BCUT2D eigenvalue weighted by Gasteiger charge is 1.98. The molecule has 1 atom stereocenters. The van der Waals surface area contributed by atoms with Gasteiger partial charge in [-0.25, -0.2) is 4.21 Å². The molecule has 0 N–H and O–H groups in total. The zero-order valence-corrected chi connectivity index (χ0v) is 6.62. The minimum absolute atomic E-state index is 0.187. The molecule has 9 heavy (non-hydrogen) atoms. The Morgan fingerprint density at radius 2 is 2.44 bits per heavy atom. The zero-order chi connectivity index (χ0) is 7.11. The molecule has 0 rings (SSSR count). The molecule has 0 saturated heterocycles. The van der Waals surface area contributed by atoms with Gasteiger partial charge in [-0.1, -0.05) is 6.08 Å². The van der Waals surface area contributed by atoms with Gasteiger partial charge in [-0.3, -0.25) is 0 Å². The Hall–Kier alpha value is -0.0800. The number of hydrogen-bond acceptors (Lipinski definition) is 1. The number of halogens is 1. The summed E-state index contributed by atoms with van der Waals surface area (Å²) < 4.78 is 9.94. The largest absolute Gasteiger partial charge is 0.213 e. The Kier molecular flexibility index (Phi) is 5.99. The highest BCUT2D eigenvalue weighted by molar-refractivity contribution is 7.64. The van der Waals surface area contributed by atoms with Crippen molar-refractivity contribution in [1.82, 2.24) is 0 Å². The lowest BCUT2D eigenvalue weighted by Gasteiger charge is -1.99. The van der Waals surface area contributed by atoms with Crippen LogP contribution in [0, 0.1) is 5.92 Å². The molecule has 3 heteroatoms. The van der Waals surface area contributed by atoms with Crippen molar-refractivity contribution in [2.45, 2.75) is 6.42 Å². The minimum atomic E-state index is 0.187. The summed E-state index contributed by atoms with van der Waals surface area (Å²) in [5.41, 5.74) is 0. The molecule has 0 bridgehead atoms. The molecule has 0 aliphatic heterocycles. The molecule has 0 aliphatic carbocycles. The highest BCUT2D eigenvalue weighted by atomic mass is 35.5. The van der Waals surface area contributed by atoms with E-state index >= 15 is 0 Å². The Labute approximate surface area is 63.8 Å². The summed E-state index contributed by atoms with van der Waals surface area (Å²) >= 11 is 5.96. The lowest BCUT2D eigenvalue weighted by Crippen LogP contribution is -2.01. The second-order valence-corrected chi connectivity index (χ2v) is 2.44. The second kappa shape index (κ2) is 6.05. The Morgan fingerprint density at radius 1 is 1.78 bits per heavy atom. The molecule has 0 aromatic heterocycles. The van der Waals surface area contributed by atoms with Gasteiger partial charge in [0.1, 0.15) is 0 Å². The molecule has 0 fully saturated rings. The summed E-state index contributed by atoms with van der Waals surface area (Å²) in [6.07, 6.45) is 2.55. The van der Waals surface area contributed by atoms with E-state index in [-0.39, 0.29) is 5.92 Å². The van der Waals surface area contributed by atoms with E-state index < -0.39 is 0 Å². The summed E-state index contributed by atoms with van der Waals surface area (Å²) in [4.78, 5) is 0. The molecule has 0 saturated carbocycles. The van der Waals surface area contributed by atoms with Crippen molar-refractivity contribution in [1.29, 1.82) is 0 Å². The molecule has 1 unspecified atom stereocenters. The molecule has 0 aromatic carbocycles. The van der Waals surface area contributed by atoms with Crippen molar-refractivity contribution in [3.63, 3.8) is 0 Å². The fourth-order valence-corrected chi connectivity index (χ4v) is 1.13. The van der Waals surface area contributed by atoms with Crippen LogP contribution in [0.5, 0.6) is 0 Å². The van der Waals surface area contributed by atoms with Gasteiger partial charge < -0.3 is 0 Å². The van der Waals surface area contributed by atoms with Crippen molar-refractivity contribution in [2.24, 2.45) is 5.92 Å². The van der Waals surface area contributed by atoms with Crippen LogP contribution in [0.1, 0.15) is 6.42 Å². The van der Waals surface area contributed by atoms with Crippen molar-refractivity contribution < 1.29 is 4.21 Å². The van der Waals surface area contributed by atoms with Gasteiger partial charge in [0.15, 0.2) is 0 Å². The average Bonchev–Trinajstić information content (AvgIpc) is 1.88. The van der Waals surface area contributed by atoms with E-state index in [0.717, 1.165) is 6.42 Å². The third-order valence-corrected chi connectivity index (χ3v) is 1.81. The predicted molar refractivity (Wildman–Crippen MR) is 43.2 cm³/mol. The average molecular weight is 165 g/mol. The standard InChI is InChI=1S/C6H9ClOS/c1-2-3-6(4-7)5-9-8/h2,5-6H,1,3-4H2. The van der Waals surface area contributed by atoms with Crippen molar-refractivity contribution in [2.75, 3.05) is 5.88 Å². The van der Waals surface area contributed by atoms with Gasteiger partial charge in [0.25, 0.3) is 0 Å². The molecule has 0 heterocycles. The molecule has 0 radical (unpaired) electrons. The number of allylic oxidation sites excluding steroid dienone is 1. The fourth-order valence-electron chi connectivity index (χ4n) is 0.448. The molecule has 0 aliphatic rings. The van der Waals surface area contributed by atoms with Crippen molar-refractivity contribution >= 4 is 28.2 Å². The monoisotopic (exact) mass is 164 g/mol. The van der Waals surface area contributed by atoms with Gasteiger partial charge in [0, 0.05) is 17.2 Å². The van der Waals surface area contributed by atoms with Crippen LogP contribution < -0.4 is 0 Å². The Morgan fingerprint density at radius 3 is 2.78 bits per heavy atom. The van der Waals surface area contributed by atoms with E-state index in [2.05, 4.69) is 6.58 Å². The highest BCUT2D eigenvalue weighted by Crippen LogP contribution is 2.01. The third-order valence-electron chi connectivity index (χ3n) is 0.916. The lowest BCUT2D eigenvalue weighted by atomic mass is 10.1. The maximum Gasteiger partial charge on any atom is 0.0844 e. The van der Waals surface area contributed by atoms with E-state index in [1.165, 1.54) is 0 Å². The van der Waals surface area contributed by atoms with Crippen LogP contribution in [0.4, 0.5) is 0 Å². The fraction of sp³-hybridized carbons (Fsp3) is 0.500. The molecule has 0 spiro atoms. The maximum absolute atomic E-state index is 9.94. The van der Waals surface area contributed by atoms with Crippen LogP contribution in [0.3, 0.4) is 0 Å². The summed E-state index contributed by atoms with van der Waals surface area (Å²) in [5.74, 6) is 0.688. The van der Waals surface area contributed by atoms with E-state index in [1.807, 2.05) is 0 Å². The summed E-state index contributed by atoms with van der Waals surface area (Å²) in [5, 5.41) is 1.59. The predicted octanol–water partition coefficient (Wildman–Crippen LogP) is 1.43. The second-order valence-electron chi connectivity index (χ2n) is 1.67. The molecule has 0 amide bonds. The van der Waals surface area contributed by atoms with Crippen LogP contribution >= 0.6 is 11.6 Å². The number of alkyl halides is 1. The first-order chi connectivity index (χ1) is 4.35. The quantitative estimate of drug-likeness (QED) is 0.349. The molecular weight excluding hydrogens is 156 g/mol. The topological polar surface area (TPSA) is 17.1 Å². The minimum Gasteiger partial charge on any atom is -0.213 e. The first-order valence-corrected chi connectivity index (χ1v) is 3.98. The zero-order valence-electron chi connectivity index (χ0n) is 5.05. The smallest absolute Gasteiger partial charge is 0.0844 e. The molecule has 0 aromatic rings. The van der Waals surface area contributed by atoms with Crippen LogP contribution in [0.2, 0.25) is 0 Å². The normalized spacial score (nSPS) is 12.1. The van der Waals surface area contributed by atoms with Crippen LogP contribution in [-0.2, 0) is 11.3 Å². The van der Waals surface area contributed by atoms with Gasteiger partial charge in [0.2, 0.25) is 0 Å². The third kappa shape index (κ3) is 4.43. The SMILES string of the molecule is C=CCC(C=S=O)CCl. The first-order valence-electron chi connectivity index (χ1n) is 2.64. The summed E-state index contributed by atoms with van der Waals surface area (Å²) in [6.45, 7) is 3.54. The van der Waals surface area contributed by atoms with Crippen molar-refractivity contribution in [3.8, 4) is 0 Å². The Balaban J connectivity index is 3.66. The Bertz CT molecular complexity index is 129. The van der Waals surface area contributed by atoms with Gasteiger partial charge in [-0.05, 0) is 6.42 Å². The molecule has 52 valence electrons. The summed E-state index contributed by atoms with van der Waals surface area (Å²) in [7, 11) is 0. The summed E-state index contributed by atoms with van der Waals surface area (Å²) in [6, 6.07) is 0. The lowest BCUT2D eigenvalue weighted by molar-refractivity contribution is 0.700. The van der Waals surface area contributed by atoms with E-state index in [1.54, 1.807) is 11.4 Å². The van der Waals surface area contributed by atoms with Crippen LogP contribution in [0.25, 0.3) is 0 Å². The van der Waals surface area contributed by atoms with E-state index in [9.17, 15) is 4.21 Å². The molecular formula is C6H9ClOS. The van der Waals surface area contributed by atoms with E-state index in [0.29, 0.717) is 17.1 Å². The number of hydrogen-bond donors (Lipinski definition) is 0.